The third kappa shape index (κ3) is 3.57. The molecule has 0 spiro atoms. The Balaban J connectivity index is 1.18. The number of furan rings is 2. The molecule has 0 unspecified atom stereocenters. The Hall–Kier alpha value is -6.38. The fourth-order valence-electron chi connectivity index (χ4n) is 8.03. The van der Waals surface area contributed by atoms with Crippen LogP contribution in [0.1, 0.15) is 0 Å². The summed E-state index contributed by atoms with van der Waals surface area (Å²) in [5.41, 5.74) is 8.51. The summed E-state index contributed by atoms with van der Waals surface area (Å²) in [6.07, 6.45) is 0. The highest BCUT2D eigenvalue weighted by Crippen LogP contribution is 2.46. The summed E-state index contributed by atoms with van der Waals surface area (Å²) < 4.78 is 12.9. The van der Waals surface area contributed by atoms with Gasteiger partial charge in [-0.3, -0.25) is 0 Å². The largest absolute Gasteiger partial charge is 0.456 e. The lowest BCUT2D eigenvalue weighted by Gasteiger charge is -2.18. The minimum absolute atomic E-state index is 0.905. The molecule has 2 heterocycles. The number of hydrogen-bond donors (Lipinski definition) is 0. The maximum absolute atomic E-state index is 6.48. The summed E-state index contributed by atoms with van der Waals surface area (Å²) in [5, 5.41) is 14.2. The molecule has 0 amide bonds. The SMILES string of the molecule is c1ccc2cc3c(cc2c1)oc1ccc(-c2c4ccccc4c(-c4ccc5oc6c7ccccc7ccc6c5c4)c4ccccc24)cc13. The Labute approximate surface area is 275 Å². The molecule has 0 saturated carbocycles. The van der Waals surface area contributed by atoms with Crippen molar-refractivity contribution in [3.8, 4) is 22.3 Å². The molecule has 0 radical (unpaired) electrons. The van der Waals surface area contributed by atoms with E-state index in [-0.39, 0.29) is 0 Å². The zero-order valence-electron chi connectivity index (χ0n) is 25.8. The van der Waals surface area contributed by atoms with Crippen LogP contribution in [0.15, 0.2) is 167 Å². The normalized spacial score (nSPS) is 12.2. The fourth-order valence-corrected chi connectivity index (χ4v) is 8.03. The Bertz CT molecular complexity index is 2980. The second-order valence-electron chi connectivity index (χ2n) is 12.8. The highest BCUT2D eigenvalue weighted by atomic mass is 16.3. The summed E-state index contributed by atoms with van der Waals surface area (Å²) in [7, 11) is 0. The van der Waals surface area contributed by atoms with Crippen molar-refractivity contribution in [1.29, 1.82) is 0 Å². The van der Waals surface area contributed by atoms with Crippen LogP contribution in [0.4, 0.5) is 0 Å². The minimum Gasteiger partial charge on any atom is -0.456 e. The molecule has 0 N–H and O–H groups in total. The van der Waals surface area contributed by atoms with Crippen LogP contribution in [0.25, 0.3) is 109 Å². The maximum atomic E-state index is 6.48. The molecule has 0 fully saturated rings. The average Bonchev–Trinajstić information content (AvgIpc) is 3.70. The molecule has 0 aliphatic carbocycles. The van der Waals surface area contributed by atoms with Crippen molar-refractivity contribution in [3.63, 3.8) is 0 Å². The predicted molar refractivity (Wildman–Crippen MR) is 202 cm³/mol. The first kappa shape index (κ1) is 25.8. The van der Waals surface area contributed by atoms with Gasteiger partial charge >= 0.3 is 0 Å². The maximum Gasteiger partial charge on any atom is 0.143 e. The van der Waals surface area contributed by atoms with Crippen molar-refractivity contribution in [3.05, 3.63) is 158 Å². The second-order valence-corrected chi connectivity index (χ2v) is 12.8. The molecule has 0 aliphatic rings. The second kappa shape index (κ2) is 9.57. The molecule has 2 aromatic heterocycles. The monoisotopic (exact) mass is 610 g/mol. The van der Waals surface area contributed by atoms with Crippen LogP contribution >= 0.6 is 0 Å². The molecule has 0 atom stereocenters. The topological polar surface area (TPSA) is 26.3 Å². The van der Waals surface area contributed by atoms with E-state index in [0.717, 1.165) is 49.3 Å². The van der Waals surface area contributed by atoms with Crippen molar-refractivity contribution >= 4 is 87.0 Å². The van der Waals surface area contributed by atoms with E-state index in [2.05, 4.69) is 158 Å². The Morgan fingerprint density at radius 1 is 0.271 bits per heavy atom. The van der Waals surface area contributed by atoms with Crippen LogP contribution in [0.3, 0.4) is 0 Å². The van der Waals surface area contributed by atoms with E-state index < -0.39 is 0 Å². The molecule has 222 valence electrons. The average molecular weight is 611 g/mol. The van der Waals surface area contributed by atoms with Gasteiger partial charge in [-0.05, 0) is 102 Å². The first-order valence-electron chi connectivity index (χ1n) is 16.4. The minimum atomic E-state index is 0.905. The van der Waals surface area contributed by atoms with Crippen LogP contribution in [-0.4, -0.2) is 0 Å². The Morgan fingerprint density at radius 3 is 1.38 bits per heavy atom. The van der Waals surface area contributed by atoms with Crippen LogP contribution < -0.4 is 0 Å². The van der Waals surface area contributed by atoms with Crippen molar-refractivity contribution in [2.75, 3.05) is 0 Å². The number of benzene rings is 9. The standard InChI is InChI=1S/C46H26O2/c1-2-11-29-26-43-40(23-28(29)10-1)39-25-31(18-21-41(39)47-43)45-35-15-7-5-13-33(35)44(34-14-6-8-16-36(34)45)30-19-22-42-38(24-30)37-20-17-27-9-3-4-12-32(27)46(37)48-42/h1-26H. The van der Waals surface area contributed by atoms with E-state index in [4.69, 9.17) is 8.83 Å². The number of fused-ring (bicyclic) bond motifs is 11. The zero-order valence-corrected chi connectivity index (χ0v) is 25.8. The summed E-state index contributed by atoms with van der Waals surface area (Å²) in [6.45, 7) is 0. The smallest absolute Gasteiger partial charge is 0.143 e. The van der Waals surface area contributed by atoms with Crippen molar-refractivity contribution in [2.24, 2.45) is 0 Å². The van der Waals surface area contributed by atoms with Gasteiger partial charge in [0.05, 0.1) is 0 Å². The van der Waals surface area contributed by atoms with E-state index in [0.29, 0.717) is 0 Å². The van der Waals surface area contributed by atoms with Gasteiger partial charge in [0.15, 0.2) is 0 Å². The molecular formula is C46H26O2. The Kier molecular flexibility index (Phi) is 5.14. The highest BCUT2D eigenvalue weighted by Gasteiger charge is 2.19. The summed E-state index contributed by atoms with van der Waals surface area (Å²) >= 11 is 0. The van der Waals surface area contributed by atoms with Gasteiger partial charge in [-0.15, -0.1) is 0 Å². The molecule has 48 heavy (non-hydrogen) atoms. The van der Waals surface area contributed by atoms with Gasteiger partial charge < -0.3 is 8.83 Å². The van der Waals surface area contributed by atoms with Gasteiger partial charge in [0, 0.05) is 26.9 Å². The van der Waals surface area contributed by atoms with E-state index in [9.17, 15) is 0 Å². The van der Waals surface area contributed by atoms with E-state index in [1.165, 1.54) is 60.0 Å². The van der Waals surface area contributed by atoms with Gasteiger partial charge in [0.2, 0.25) is 0 Å². The summed E-state index contributed by atoms with van der Waals surface area (Å²) in [6, 6.07) is 56.8. The van der Waals surface area contributed by atoms with Crippen LogP contribution in [-0.2, 0) is 0 Å². The summed E-state index contributed by atoms with van der Waals surface area (Å²) in [5.74, 6) is 0. The van der Waals surface area contributed by atoms with Crippen LogP contribution in [0, 0.1) is 0 Å². The molecule has 0 aliphatic heterocycles. The zero-order chi connectivity index (χ0) is 31.3. The van der Waals surface area contributed by atoms with E-state index >= 15 is 0 Å². The third-order valence-electron chi connectivity index (χ3n) is 10.2. The highest BCUT2D eigenvalue weighted by molar-refractivity contribution is 6.23. The van der Waals surface area contributed by atoms with Gasteiger partial charge in [0.1, 0.15) is 22.3 Å². The molecule has 0 bridgehead atoms. The summed E-state index contributed by atoms with van der Waals surface area (Å²) in [4.78, 5) is 0. The first-order valence-corrected chi connectivity index (χ1v) is 16.4. The predicted octanol–water partition coefficient (Wildman–Crippen LogP) is 13.4. The Morgan fingerprint density at radius 2 is 0.750 bits per heavy atom. The first-order chi connectivity index (χ1) is 23.8. The molecule has 2 heteroatoms. The van der Waals surface area contributed by atoms with Crippen molar-refractivity contribution in [1.82, 2.24) is 0 Å². The van der Waals surface area contributed by atoms with Gasteiger partial charge in [-0.1, -0.05) is 115 Å². The quantitative estimate of drug-likeness (QED) is 0.182. The lowest BCUT2D eigenvalue weighted by molar-refractivity contribution is 0.669. The molecule has 9 aromatic carbocycles. The molecule has 0 saturated heterocycles. The molecule has 11 aromatic rings. The van der Waals surface area contributed by atoms with Crippen LogP contribution in [0.2, 0.25) is 0 Å². The van der Waals surface area contributed by atoms with Crippen LogP contribution in [0.5, 0.6) is 0 Å². The fraction of sp³-hybridized carbons (Fsp3) is 0. The third-order valence-corrected chi connectivity index (χ3v) is 10.2. The number of rotatable bonds is 2. The van der Waals surface area contributed by atoms with Gasteiger partial charge in [-0.2, -0.15) is 0 Å². The van der Waals surface area contributed by atoms with E-state index in [1.807, 2.05) is 0 Å². The molecule has 11 rings (SSSR count). The lowest BCUT2D eigenvalue weighted by Crippen LogP contribution is -1.90. The van der Waals surface area contributed by atoms with Gasteiger partial charge in [0.25, 0.3) is 0 Å². The van der Waals surface area contributed by atoms with Crippen molar-refractivity contribution in [2.45, 2.75) is 0 Å². The van der Waals surface area contributed by atoms with Crippen molar-refractivity contribution < 1.29 is 8.83 Å². The van der Waals surface area contributed by atoms with E-state index in [1.54, 1.807) is 0 Å². The molecular weight excluding hydrogens is 585 g/mol. The molecule has 2 nitrogen and oxygen atoms in total. The number of hydrogen-bond acceptors (Lipinski definition) is 2. The lowest BCUT2D eigenvalue weighted by atomic mass is 9.85. The van der Waals surface area contributed by atoms with Gasteiger partial charge in [-0.25, -0.2) is 0 Å².